The lowest BCUT2D eigenvalue weighted by molar-refractivity contribution is 0.550. The monoisotopic (exact) mass is 274 g/mol. The van der Waals surface area contributed by atoms with Crippen molar-refractivity contribution in [3.05, 3.63) is 69.7 Å². The highest BCUT2D eigenvalue weighted by atomic mass is 35.5. The van der Waals surface area contributed by atoms with Crippen molar-refractivity contribution < 1.29 is 0 Å². The van der Waals surface area contributed by atoms with Crippen LogP contribution in [0.25, 0.3) is 0 Å². The van der Waals surface area contributed by atoms with Crippen molar-refractivity contribution in [2.24, 2.45) is 5.84 Å². The van der Waals surface area contributed by atoms with Gasteiger partial charge in [0.1, 0.15) is 0 Å². The molecule has 0 aliphatic rings. The molecule has 2 rings (SSSR count). The maximum atomic E-state index is 5.92. The zero-order valence-corrected chi connectivity index (χ0v) is 12.0. The molecule has 2 aromatic carbocycles. The van der Waals surface area contributed by atoms with Gasteiger partial charge in [-0.05, 0) is 54.7 Å². The molecule has 0 amide bonds. The fourth-order valence-corrected chi connectivity index (χ4v) is 2.47. The number of nitrogens with two attached hydrogens (primary N) is 1. The summed E-state index contributed by atoms with van der Waals surface area (Å²) in [5.74, 6) is 5.71. The molecular formula is C16H19ClN2. The molecule has 0 fully saturated rings. The number of hydrazine groups is 1. The highest BCUT2D eigenvalue weighted by Crippen LogP contribution is 2.23. The molecule has 0 saturated heterocycles. The summed E-state index contributed by atoms with van der Waals surface area (Å²) in [6, 6.07) is 14.3. The normalized spacial score (nSPS) is 12.4. The van der Waals surface area contributed by atoms with Crippen LogP contribution >= 0.6 is 11.6 Å². The smallest absolute Gasteiger partial charge is 0.0500 e. The van der Waals surface area contributed by atoms with E-state index in [0.29, 0.717) is 0 Å². The van der Waals surface area contributed by atoms with E-state index in [1.165, 1.54) is 16.7 Å². The highest BCUT2D eigenvalue weighted by Gasteiger charge is 2.13. The first kappa shape index (κ1) is 14.1. The first-order valence-electron chi connectivity index (χ1n) is 6.38. The fraction of sp³-hybridized carbons (Fsp3) is 0.250. The van der Waals surface area contributed by atoms with Crippen LogP contribution in [0.5, 0.6) is 0 Å². The van der Waals surface area contributed by atoms with E-state index in [9.17, 15) is 0 Å². The lowest BCUT2D eigenvalue weighted by Gasteiger charge is -2.19. The lowest BCUT2D eigenvalue weighted by atomic mass is 9.93. The summed E-state index contributed by atoms with van der Waals surface area (Å²) >= 11 is 5.92. The topological polar surface area (TPSA) is 38.0 Å². The second-order valence-corrected chi connectivity index (χ2v) is 5.28. The maximum absolute atomic E-state index is 5.92. The third kappa shape index (κ3) is 3.35. The minimum atomic E-state index is 0.0945. The molecule has 0 spiro atoms. The number of benzene rings is 2. The molecule has 100 valence electrons. The van der Waals surface area contributed by atoms with Crippen molar-refractivity contribution >= 4 is 11.6 Å². The maximum Gasteiger partial charge on any atom is 0.0500 e. The minimum absolute atomic E-state index is 0.0945. The van der Waals surface area contributed by atoms with Crippen LogP contribution < -0.4 is 11.3 Å². The van der Waals surface area contributed by atoms with E-state index in [2.05, 4.69) is 37.5 Å². The zero-order chi connectivity index (χ0) is 13.8. The van der Waals surface area contributed by atoms with Gasteiger partial charge >= 0.3 is 0 Å². The number of halogens is 1. The Kier molecular flexibility index (Phi) is 4.59. The molecule has 0 radical (unpaired) electrons. The number of rotatable bonds is 4. The molecule has 1 atom stereocenters. The molecule has 0 saturated carbocycles. The highest BCUT2D eigenvalue weighted by molar-refractivity contribution is 6.30. The Morgan fingerprint density at radius 3 is 2.16 bits per heavy atom. The first-order valence-corrected chi connectivity index (χ1v) is 6.76. The van der Waals surface area contributed by atoms with E-state index in [-0.39, 0.29) is 6.04 Å². The predicted octanol–water partition coefficient (Wildman–Crippen LogP) is 3.70. The number of hydrogen-bond donors (Lipinski definition) is 2. The minimum Gasteiger partial charge on any atom is -0.271 e. The Hall–Kier alpha value is -1.35. The van der Waals surface area contributed by atoms with Gasteiger partial charge in [-0.3, -0.25) is 11.3 Å². The van der Waals surface area contributed by atoms with Gasteiger partial charge < -0.3 is 0 Å². The Bertz CT molecular complexity index is 529. The van der Waals surface area contributed by atoms with Crippen LogP contribution in [0.3, 0.4) is 0 Å². The van der Waals surface area contributed by atoms with Crippen LogP contribution in [0.1, 0.15) is 28.3 Å². The average molecular weight is 275 g/mol. The summed E-state index contributed by atoms with van der Waals surface area (Å²) in [5.41, 5.74) is 7.99. The molecule has 0 aliphatic heterocycles. The molecule has 0 aliphatic carbocycles. The van der Waals surface area contributed by atoms with E-state index in [0.717, 1.165) is 17.0 Å². The third-order valence-corrected chi connectivity index (χ3v) is 3.78. The number of aryl methyl sites for hydroxylation is 2. The van der Waals surface area contributed by atoms with Crippen molar-refractivity contribution in [1.29, 1.82) is 0 Å². The summed E-state index contributed by atoms with van der Waals surface area (Å²) in [6.07, 6.45) is 0.872. The summed E-state index contributed by atoms with van der Waals surface area (Å²) in [4.78, 5) is 0. The Morgan fingerprint density at radius 2 is 1.63 bits per heavy atom. The third-order valence-electron chi connectivity index (χ3n) is 3.53. The standard InChI is InChI=1S/C16H19ClN2/c1-11-4-3-5-12(2)15(11)10-16(19-18)13-6-8-14(17)9-7-13/h3-9,16,19H,10,18H2,1-2H3. The van der Waals surface area contributed by atoms with Gasteiger partial charge in [0.25, 0.3) is 0 Å². The van der Waals surface area contributed by atoms with Crippen molar-refractivity contribution in [1.82, 2.24) is 5.43 Å². The van der Waals surface area contributed by atoms with E-state index < -0.39 is 0 Å². The molecule has 3 heteroatoms. The average Bonchev–Trinajstić information content (AvgIpc) is 2.40. The van der Waals surface area contributed by atoms with Crippen LogP contribution in [0.4, 0.5) is 0 Å². The largest absolute Gasteiger partial charge is 0.271 e. The quantitative estimate of drug-likeness (QED) is 0.659. The molecular weight excluding hydrogens is 256 g/mol. The van der Waals surface area contributed by atoms with Crippen LogP contribution in [0.2, 0.25) is 5.02 Å². The molecule has 0 bridgehead atoms. The predicted molar refractivity (Wildman–Crippen MR) is 81.1 cm³/mol. The Morgan fingerprint density at radius 1 is 1.05 bits per heavy atom. The van der Waals surface area contributed by atoms with Gasteiger partial charge in [0, 0.05) is 11.1 Å². The van der Waals surface area contributed by atoms with E-state index in [4.69, 9.17) is 17.4 Å². The van der Waals surface area contributed by atoms with Crippen molar-refractivity contribution in [3.8, 4) is 0 Å². The van der Waals surface area contributed by atoms with E-state index >= 15 is 0 Å². The Balaban J connectivity index is 2.26. The molecule has 1 unspecified atom stereocenters. The molecule has 2 aromatic rings. The van der Waals surface area contributed by atoms with Gasteiger partial charge in [0.2, 0.25) is 0 Å². The summed E-state index contributed by atoms with van der Waals surface area (Å²) in [6.45, 7) is 4.27. The van der Waals surface area contributed by atoms with Crippen LogP contribution in [0.15, 0.2) is 42.5 Å². The van der Waals surface area contributed by atoms with Gasteiger partial charge in [0.05, 0.1) is 0 Å². The van der Waals surface area contributed by atoms with Crippen LogP contribution in [-0.4, -0.2) is 0 Å². The fourth-order valence-electron chi connectivity index (χ4n) is 2.34. The summed E-state index contributed by atoms with van der Waals surface area (Å²) < 4.78 is 0. The number of nitrogens with one attached hydrogen (secondary N) is 1. The summed E-state index contributed by atoms with van der Waals surface area (Å²) in [5, 5.41) is 0.742. The van der Waals surface area contributed by atoms with Crippen molar-refractivity contribution in [3.63, 3.8) is 0 Å². The lowest BCUT2D eigenvalue weighted by Crippen LogP contribution is -2.30. The zero-order valence-electron chi connectivity index (χ0n) is 11.3. The van der Waals surface area contributed by atoms with Crippen molar-refractivity contribution in [2.75, 3.05) is 0 Å². The number of hydrogen-bond acceptors (Lipinski definition) is 2. The van der Waals surface area contributed by atoms with Gasteiger partial charge in [-0.2, -0.15) is 0 Å². The van der Waals surface area contributed by atoms with Crippen molar-refractivity contribution in [2.45, 2.75) is 26.3 Å². The van der Waals surface area contributed by atoms with E-state index in [1.807, 2.05) is 24.3 Å². The van der Waals surface area contributed by atoms with Gasteiger partial charge in [-0.25, -0.2) is 0 Å². The molecule has 2 nitrogen and oxygen atoms in total. The molecule has 19 heavy (non-hydrogen) atoms. The first-order chi connectivity index (χ1) is 9.11. The van der Waals surface area contributed by atoms with Gasteiger partial charge in [-0.1, -0.05) is 41.9 Å². The molecule has 0 heterocycles. The van der Waals surface area contributed by atoms with Crippen LogP contribution in [-0.2, 0) is 6.42 Å². The van der Waals surface area contributed by atoms with Crippen LogP contribution in [0, 0.1) is 13.8 Å². The SMILES string of the molecule is Cc1cccc(C)c1CC(NN)c1ccc(Cl)cc1. The summed E-state index contributed by atoms with van der Waals surface area (Å²) in [7, 11) is 0. The molecule has 3 N–H and O–H groups in total. The molecule has 0 aromatic heterocycles. The second kappa shape index (κ2) is 6.20. The van der Waals surface area contributed by atoms with Gasteiger partial charge in [-0.15, -0.1) is 0 Å². The van der Waals surface area contributed by atoms with Gasteiger partial charge in [0.15, 0.2) is 0 Å². The Labute approximate surface area is 119 Å². The van der Waals surface area contributed by atoms with E-state index in [1.54, 1.807) is 0 Å². The second-order valence-electron chi connectivity index (χ2n) is 4.85.